The predicted octanol–water partition coefficient (Wildman–Crippen LogP) is 2.25. The average Bonchev–Trinajstić information content (AvgIpc) is 3.02. The number of hydrogen-bond donors (Lipinski definition) is 0. The van der Waals surface area contributed by atoms with Crippen LogP contribution in [0.15, 0.2) is 18.2 Å². The molecule has 0 aromatic heterocycles. The summed E-state index contributed by atoms with van der Waals surface area (Å²) in [7, 11) is 0. The zero-order valence-corrected chi connectivity index (χ0v) is 8.50. The summed E-state index contributed by atoms with van der Waals surface area (Å²) in [6, 6.07) is 9.60. The van der Waals surface area contributed by atoms with Crippen molar-refractivity contribution in [2.45, 2.75) is 25.8 Å². The molecule has 1 nitrogen and oxygen atoms in total. The normalized spacial score (nSPS) is 22.0. The van der Waals surface area contributed by atoms with Gasteiger partial charge in [-0.25, -0.2) is 0 Å². The van der Waals surface area contributed by atoms with Crippen molar-refractivity contribution >= 4 is 0 Å². The van der Waals surface area contributed by atoms with Crippen molar-refractivity contribution in [1.82, 2.24) is 4.90 Å². The molecule has 1 radical (unpaired) electrons. The van der Waals surface area contributed by atoms with Gasteiger partial charge in [-0.3, -0.25) is 4.90 Å². The standard InChI is InChI=1S/C13H16N/c1-2-4-13-10-14(9-11-5-6-11)8-7-12(13)3-1/h2-4,11H,5-10H2. The third kappa shape index (κ3) is 1.69. The van der Waals surface area contributed by atoms with Crippen LogP contribution in [0, 0.1) is 12.0 Å². The Morgan fingerprint density at radius 3 is 3.14 bits per heavy atom. The van der Waals surface area contributed by atoms with Crippen molar-refractivity contribution in [3.05, 3.63) is 35.4 Å². The predicted molar refractivity (Wildman–Crippen MR) is 57.0 cm³/mol. The highest BCUT2D eigenvalue weighted by atomic mass is 15.1. The van der Waals surface area contributed by atoms with Crippen molar-refractivity contribution in [1.29, 1.82) is 0 Å². The lowest BCUT2D eigenvalue weighted by Crippen LogP contribution is -2.32. The van der Waals surface area contributed by atoms with E-state index in [-0.39, 0.29) is 0 Å². The number of hydrogen-bond acceptors (Lipinski definition) is 1. The largest absolute Gasteiger partial charge is 0.298 e. The molecule has 0 spiro atoms. The summed E-state index contributed by atoms with van der Waals surface area (Å²) in [5.41, 5.74) is 3.04. The Hall–Kier alpha value is -0.820. The summed E-state index contributed by atoms with van der Waals surface area (Å²) in [5.74, 6) is 1.02. The molecule has 1 heteroatoms. The molecule has 0 bridgehead atoms. The second-order valence-electron chi connectivity index (χ2n) is 4.62. The van der Waals surface area contributed by atoms with Gasteiger partial charge in [0.15, 0.2) is 0 Å². The van der Waals surface area contributed by atoms with Gasteiger partial charge in [-0.15, -0.1) is 0 Å². The van der Waals surface area contributed by atoms with Gasteiger partial charge in [-0.1, -0.05) is 18.2 Å². The van der Waals surface area contributed by atoms with Crippen LogP contribution >= 0.6 is 0 Å². The summed E-state index contributed by atoms with van der Waals surface area (Å²) in [5, 5.41) is 0. The maximum atomic E-state index is 3.17. The van der Waals surface area contributed by atoms with Gasteiger partial charge in [0, 0.05) is 19.6 Å². The Morgan fingerprint density at radius 2 is 2.29 bits per heavy atom. The lowest BCUT2D eigenvalue weighted by Gasteiger charge is -2.28. The highest BCUT2D eigenvalue weighted by Crippen LogP contribution is 2.31. The van der Waals surface area contributed by atoms with Crippen molar-refractivity contribution in [2.75, 3.05) is 13.1 Å². The molecule has 0 N–H and O–H groups in total. The minimum Gasteiger partial charge on any atom is -0.298 e. The molecule has 1 aliphatic heterocycles. The highest BCUT2D eigenvalue weighted by Gasteiger charge is 2.25. The summed E-state index contributed by atoms with van der Waals surface area (Å²) in [4.78, 5) is 2.61. The molecule has 73 valence electrons. The Kier molecular flexibility index (Phi) is 2.06. The van der Waals surface area contributed by atoms with Crippen LogP contribution in [0.2, 0.25) is 0 Å². The van der Waals surface area contributed by atoms with Gasteiger partial charge in [0.1, 0.15) is 0 Å². The lowest BCUT2D eigenvalue weighted by molar-refractivity contribution is 0.244. The van der Waals surface area contributed by atoms with Crippen LogP contribution < -0.4 is 0 Å². The first kappa shape index (κ1) is 8.49. The maximum absolute atomic E-state index is 3.17. The first-order valence-electron chi connectivity index (χ1n) is 5.62. The lowest BCUT2D eigenvalue weighted by atomic mass is 10.00. The minimum atomic E-state index is 1.02. The van der Waals surface area contributed by atoms with E-state index in [1.165, 1.54) is 50.0 Å². The molecule has 14 heavy (non-hydrogen) atoms. The monoisotopic (exact) mass is 186 g/mol. The van der Waals surface area contributed by atoms with Gasteiger partial charge in [-0.05, 0) is 42.4 Å². The summed E-state index contributed by atoms with van der Waals surface area (Å²) < 4.78 is 0. The summed E-state index contributed by atoms with van der Waals surface area (Å²) in [6.45, 7) is 3.75. The van der Waals surface area contributed by atoms with E-state index >= 15 is 0 Å². The number of benzene rings is 1. The van der Waals surface area contributed by atoms with Gasteiger partial charge < -0.3 is 0 Å². The molecule has 1 heterocycles. The van der Waals surface area contributed by atoms with E-state index in [0.29, 0.717) is 0 Å². The van der Waals surface area contributed by atoms with E-state index in [1.54, 1.807) is 0 Å². The molecule has 1 aromatic carbocycles. The molecule has 1 aromatic rings. The SMILES string of the molecule is [c]1ccc2c(c1)CCN(CC1CC1)C2. The van der Waals surface area contributed by atoms with Crippen LogP contribution in [0.1, 0.15) is 24.0 Å². The van der Waals surface area contributed by atoms with Crippen LogP contribution in [0.3, 0.4) is 0 Å². The van der Waals surface area contributed by atoms with Gasteiger partial charge in [0.2, 0.25) is 0 Å². The van der Waals surface area contributed by atoms with Gasteiger partial charge >= 0.3 is 0 Å². The molecular formula is C13H16N. The van der Waals surface area contributed by atoms with Crippen molar-refractivity contribution < 1.29 is 0 Å². The van der Waals surface area contributed by atoms with Gasteiger partial charge in [0.25, 0.3) is 0 Å². The fourth-order valence-electron chi connectivity index (χ4n) is 2.30. The zero-order chi connectivity index (χ0) is 9.38. The molecule has 0 unspecified atom stereocenters. The number of fused-ring (bicyclic) bond motifs is 1. The molecule has 0 amide bonds. The molecule has 0 saturated heterocycles. The van der Waals surface area contributed by atoms with Gasteiger partial charge in [0.05, 0.1) is 0 Å². The maximum Gasteiger partial charge on any atom is 0.0236 e. The van der Waals surface area contributed by atoms with Crippen molar-refractivity contribution in [3.63, 3.8) is 0 Å². The Bertz CT molecular complexity index is 328. The molecular weight excluding hydrogens is 170 g/mol. The quantitative estimate of drug-likeness (QED) is 0.684. The summed E-state index contributed by atoms with van der Waals surface area (Å²) >= 11 is 0. The second kappa shape index (κ2) is 3.39. The van der Waals surface area contributed by atoms with E-state index in [0.717, 1.165) is 5.92 Å². The molecule has 1 aliphatic carbocycles. The fourth-order valence-corrected chi connectivity index (χ4v) is 2.30. The van der Waals surface area contributed by atoms with Crippen LogP contribution in [0.5, 0.6) is 0 Å². The Labute approximate surface area is 85.7 Å². The van der Waals surface area contributed by atoms with Crippen LogP contribution in [-0.2, 0) is 13.0 Å². The smallest absolute Gasteiger partial charge is 0.0236 e. The van der Waals surface area contributed by atoms with E-state index in [2.05, 4.69) is 23.1 Å². The van der Waals surface area contributed by atoms with Gasteiger partial charge in [-0.2, -0.15) is 0 Å². The fraction of sp³-hybridized carbons (Fsp3) is 0.538. The van der Waals surface area contributed by atoms with E-state index in [4.69, 9.17) is 0 Å². The van der Waals surface area contributed by atoms with Crippen molar-refractivity contribution in [2.24, 2.45) is 5.92 Å². The molecule has 1 fully saturated rings. The van der Waals surface area contributed by atoms with E-state index < -0.39 is 0 Å². The second-order valence-corrected chi connectivity index (χ2v) is 4.62. The average molecular weight is 186 g/mol. The van der Waals surface area contributed by atoms with Crippen molar-refractivity contribution in [3.8, 4) is 0 Å². The topological polar surface area (TPSA) is 3.24 Å². The zero-order valence-electron chi connectivity index (χ0n) is 8.50. The first-order chi connectivity index (χ1) is 6.92. The van der Waals surface area contributed by atoms with Crippen LogP contribution in [-0.4, -0.2) is 18.0 Å². The molecule has 3 rings (SSSR count). The van der Waals surface area contributed by atoms with Crippen LogP contribution in [0.4, 0.5) is 0 Å². The van der Waals surface area contributed by atoms with Crippen LogP contribution in [0.25, 0.3) is 0 Å². The number of nitrogens with zero attached hydrogens (tertiary/aromatic N) is 1. The summed E-state index contributed by atoms with van der Waals surface area (Å²) in [6.07, 6.45) is 4.15. The first-order valence-corrected chi connectivity index (χ1v) is 5.62. The Balaban J connectivity index is 1.72. The molecule has 1 saturated carbocycles. The molecule has 0 atom stereocenters. The Morgan fingerprint density at radius 1 is 1.36 bits per heavy atom. The third-order valence-electron chi connectivity index (χ3n) is 3.36. The highest BCUT2D eigenvalue weighted by molar-refractivity contribution is 5.28. The third-order valence-corrected chi connectivity index (χ3v) is 3.36. The minimum absolute atomic E-state index is 1.02. The van der Waals surface area contributed by atoms with E-state index in [1.807, 2.05) is 6.07 Å². The molecule has 2 aliphatic rings. The van der Waals surface area contributed by atoms with E-state index in [9.17, 15) is 0 Å². The number of rotatable bonds is 2.